The Bertz CT molecular complexity index is 444. The van der Waals surface area contributed by atoms with Gasteiger partial charge in [-0.15, -0.1) is 0 Å². The number of carbonyl (C=O) groups excluding carboxylic acids is 2. The molecule has 92 valence electrons. The summed E-state index contributed by atoms with van der Waals surface area (Å²) in [4.78, 5) is 24.7. The van der Waals surface area contributed by atoms with Crippen molar-refractivity contribution < 1.29 is 9.59 Å². The predicted octanol–water partition coefficient (Wildman–Crippen LogP) is 2.39. The molecule has 1 rings (SSSR count). The van der Waals surface area contributed by atoms with Gasteiger partial charge in [-0.05, 0) is 18.2 Å². The van der Waals surface area contributed by atoms with Gasteiger partial charge < -0.3 is 10.2 Å². The highest BCUT2D eigenvalue weighted by Crippen LogP contribution is 2.22. The summed E-state index contributed by atoms with van der Waals surface area (Å²) >= 11 is 5.85. The minimum absolute atomic E-state index is 0.153. The molecule has 0 aromatic heterocycles. The molecule has 4 nitrogen and oxygen atoms in total. The van der Waals surface area contributed by atoms with Crippen LogP contribution >= 0.6 is 11.6 Å². The van der Waals surface area contributed by atoms with E-state index in [-0.39, 0.29) is 11.8 Å². The molecule has 0 fully saturated rings. The third kappa shape index (κ3) is 3.46. The average molecular weight is 255 g/mol. The summed E-state index contributed by atoms with van der Waals surface area (Å²) in [5, 5.41) is 3.14. The summed E-state index contributed by atoms with van der Waals surface area (Å²) in [7, 11) is 3.31. The maximum Gasteiger partial charge on any atom is 0.255 e. The molecular formula is C12H15ClN2O2. The summed E-state index contributed by atoms with van der Waals surface area (Å²) in [5.41, 5.74) is 0.879. The van der Waals surface area contributed by atoms with Crippen LogP contribution in [0.25, 0.3) is 0 Å². The smallest absolute Gasteiger partial charge is 0.255 e. The van der Waals surface area contributed by atoms with Crippen LogP contribution < -0.4 is 5.32 Å². The van der Waals surface area contributed by atoms with Crippen LogP contribution in [0, 0.1) is 0 Å². The lowest BCUT2D eigenvalue weighted by atomic mass is 10.1. The lowest BCUT2D eigenvalue weighted by Crippen LogP contribution is -2.23. The largest absolute Gasteiger partial charge is 0.345 e. The molecule has 0 atom stereocenters. The van der Waals surface area contributed by atoms with E-state index in [1.54, 1.807) is 39.2 Å². The minimum atomic E-state index is -0.173. The summed E-state index contributed by atoms with van der Waals surface area (Å²) < 4.78 is 0. The van der Waals surface area contributed by atoms with Gasteiger partial charge in [0.15, 0.2) is 0 Å². The number of hydrogen-bond acceptors (Lipinski definition) is 2. The predicted molar refractivity (Wildman–Crippen MR) is 68.4 cm³/mol. The van der Waals surface area contributed by atoms with Gasteiger partial charge in [-0.25, -0.2) is 0 Å². The quantitative estimate of drug-likeness (QED) is 0.900. The molecule has 1 N–H and O–H groups in total. The van der Waals surface area contributed by atoms with Gasteiger partial charge in [-0.1, -0.05) is 18.5 Å². The first kappa shape index (κ1) is 13.5. The van der Waals surface area contributed by atoms with E-state index in [0.717, 1.165) is 0 Å². The molecule has 0 heterocycles. The Morgan fingerprint density at radius 2 is 2.00 bits per heavy atom. The molecule has 0 unspecified atom stereocenters. The Balaban J connectivity index is 3.12. The van der Waals surface area contributed by atoms with E-state index < -0.39 is 0 Å². The van der Waals surface area contributed by atoms with Gasteiger partial charge >= 0.3 is 0 Å². The van der Waals surface area contributed by atoms with E-state index in [1.165, 1.54) is 4.90 Å². The first-order chi connectivity index (χ1) is 7.95. The first-order valence-corrected chi connectivity index (χ1v) is 5.64. The lowest BCUT2D eigenvalue weighted by Gasteiger charge is -2.14. The van der Waals surface area contributed by atoms with E-state index in [4.69, 9.17) is 11.6 Å². The highest BCUT2D eigenvalue weighted by Gasteiger charge is 2.14. The SMILES string of the molecule is CCC(=O)Nc1cc(Cl)ccc1C(=O)N(C)C. The van der Waals surface area contributed by atoms with Crippen LogP contribution in [0.3, 0.4) is 0 Å². The monoisotopic (exact) mass is 254 g/mol. The van der Waals surface area contributed by atoms with Crippen LogP contribution in [0.2, 0.25) is 5.02 Å². The van der Waals surface area contributed by atoms with Crippen LogP contribution in [-0.4, -0.2) is 30.8 Å². The maximum atomic E-state index is 11.9. The van der Waals surface area contributed by atoms with E-state index in [0.29, 0.717) is 22.7 Å². The third-order valence-corrected chi connectivity index (χ3v) is 2.45. The molecule has 1 aromatic carbocycles. The second-order valence-electron chi connectivity index (χ2n) is 3.79. The molecule has 2 amide bonds. The fraction of sp³-hybridized carbons (Fsp3) is 0.333. The van der Waals surface area contributed by atoms with Crippen molar-refractivity contribution in [3.8, 4) is 0 Å². The Kier molecular flexibility index (Phi) is 4.52. The van der Waals surface area contributed by atoms with Crippen LogP contribution in [0.4, 0.5) is 5.69 Å². The molecule has 17 heavy (non-hydrogen) atoms. The van der Waals surface area contributed by atoms with Crippen LogP contribution in [0.1, 0.15) is 23.7 Å². The van der Waals surface area contributed by atoms with Gasteiger partial charge in [-0.3, -0.25) is 9.59 Å². The molecule has 0 saturated carbocycles. The van der Waals surface area contributed by atoms with Crippen LogP contribution in [0.5, 0.6) is 0 Å². The number of nitrogens with zero attached hydrogens (tertiary/aromatic N) is 1. The van der Waals surface area contributed by atoms with Crippen molar-refractivity contribution in [2.24, 2.45) is 0 Å². The van der Waals surface area contributed by atoms with Gasteiger partial charge in [0.25, 0.3) is 5.91 Å². The number of rotatable bonds is 3. The topological polar surface area (TPSA) is 49.4 Å². The summed E-state index contributed by atoms with van der Waals surface area (Å²) in [5.74, 6) is -0.326. The summed E-state index contributed by atoms with van der Waals surface area (Å²) in [6, 6.07) is 4.81. The molecule has 1 aromatic rings. The van der Waals surface area contributed by atoms with Gasteiger partial charge in [-0.2, -0.15) is 0 Å². The van der Waals surface area contributed by atoms with Crippen LogP contribution in [-0.2, 0) is 4.79 Å². The highest BCUT2D eigenvalue weighted by molar-refractivity contribution is 6.31. The molecular weight excluding hydrogens is 240 g/mol. The van der Waals surface area contributed by atoms with Crippen molar-refractivity contribution in [2.75, 3.05) is 19.4 Å². The minimum Gasteiger partial charge on any atom is -0.345 e. The molecule has 0 aliphatic rings. The van der Waals surface area contributed by atoms with E-state index in [2.05, 4.69) is 5.32 Å². The Morgan fingerprint density at radius 1 is 1.35 bits per heavy atom. The number of amides is 2. The number of hydrogen-bond donors (Lipinski definition) is 1. The fourth-order valence-corrected chi connectivity index (χ4v) is 1.46. The fourth-order valence-electron chi connectivity index (χ4n) is 1.29. The van der Waals surface area contributed by atoms with Crippen molar-refractivity contribution in [1.29, 1.82) is 0 Å². The molecule has 5 heteroatoms. The van der Waals surface area contributed by atoms with Crippen LogP contribution in [0.15, 0.2) is 18.2 Å². The summed E-state index contributed by atoms with van der Waals surface area (Å²) in [6.45, 7) is 1.74. The van der Waals surface area contributed by atoms with Crippen molar-refractivity contribution in [2.45, 2.75) is 13.3 Å². The molecule has 0 bridgehead atoms. The van der Waals surface area contributed by atoms with Gasteiger partial charge in [0, 0.05) is 25.5 Å². The van der Waals surface area contributed by atoms with E-state index in [9.17, 15) is 9.59 Å². The number of benzene rings is 1. The van der Waals surface area contributed by atoms with Crippen molar-refractivity contribution in [3.05, 3.63) is 28.8 Å². The number of halogens is 1. The first-order valence-electron chi connectivity index (χ1n) is 5.26. The summed E-state index contributed by atoms with van der Waals surface area (Å²) in [6.07, 6.45) is 0.349. The van der Waals surface area contributed by atoms with Crippen molar-refractivity contribution >= 4 is 29.1 Å². The maximum absolute atomic E-state index is 11.9. The van der Waals surface area contributed by atoms with Crippen molar-refractivity contribution in [1.82, 2.24) is 4.90 Å². The van der Waals surface area contributed by atoms with Gasteiger partial charge in [0.2, 0.25) is 5.91 Å². The Morgan fingerprint density at radius 3 is 2.53 bits per heavy atom. The Hall–Kier alpha value is -1.55. The highest BCUT2D eigenvalue weighted by atomic mass is 35.5. The van der Waals surface area contributed by atoms with Gasteiger partial charge in [0.1, 0.15) is 0 Å². The molecule has 0 spiro atoms. The zero-order valence-corrected chi connectivity index (χ0v) is 10.8. The molecule has 0 aliphatic carbocycles. The Labute approximate surface area is 106 Å². The zero-order valence-electron chi connectivity index (χ0n) is 10.1. The van der Waals surface area contributed by atoms with Crippen molar-refractivity contribution in [3.63, 3.8) is 0 Å². The standard InChI is InChI=1S/C12H15ClN2O2/c1-4-11(16)14-10-7-8(13)5-6-9(10)12(17)15(2)3/h5-7H,4H2,1-3H3,(H,14,16). The number of carbonyl (C=O) groups is 2. The lowest BCUT2D eigenvalue weighted by molar-refractivity contribution is -0.115. The second-order valence-corrected chi connectivity index (χ2v) is 4.23. The second kappa shape index (κ2) is 5.68. The van der Waals surface area contributed by atoms with E-state index in [1.807, 2.05) is 0 Å². The number of nitrogens with one attached hydrogen (secondary N) is 1. The van der Waals surface area contributed by atoms with E-state index >= 15 is 0 Å². The number of anilines is 1. The molecule has 0 radical (unpaired) electrons. The average Bonchev–Trinajstić information content (AvgIpc) is 2.28. The van der Waals surface area contributed by atoms with Gasteiger partial charge in [0.05, 0.1) is 11.3 Å². The molecule has 0 saturated heterocycles. The molecule has 0 aliphatic heterocycles. The third-order valence-electron chi connectivity index (χ3n) is 2.21. The normalized spacial score (nSPS) is 9.88. The zero-order chi connectivity index (χ0) is 13.0.